The number of rotatable bonds is 1. The summed E-state index contributed by atoms with van der Waals surface area (Å²) in [6.45, 7) is 1.94. The molecule has 0 unspecified atom stereocenters. The predicted molar refractivity (Wildman–Crippen MR) is 62.9 cm³/mol. The number of hydrogen-bond acceptors (Lipinski definition) is 3. The first kappa shape index (κ1) is 9.03. The molecule has 0 saturated heterocycles. The number of benzene rings is 1. The minimum Gasteiger partial charge on any atom is -0.461 e. The third-order valence-electron chi connectivity index (χ3n) is 2.55. The van der Waals surface area contributed by atoms with E-state index >= 15 is 0 Å². The summed E-state index contributed by atoms with van der Waals surface area (Å²) in [7, 11) is 0. The molecule has 3 aromatic rings. The number of nitrogens with zero attached hydrogens (tertiary/aromatic N) is 1. The molecule has 0 amide bonds. The molecule has 0 aliphatic heterocycles. The lowest BCUT2D eigenvalue weighted by Crippen LogP contribution is -1.81. The number of furan rings is 1. The molecule has 3 N–H and O–H groups in total. The molecule has 0 aliphatic rings. The van der Waals surface area contributed by atoms with E-state index in [0.717, 1.165) is 28.0 Å². The highest BCUT2D eigenvalue weighted by atomic mass is 16.3. The molecule has 0 aliphatic carbocycles. The van der Waals surface area contributed by atoms with Crippen LogP contribution in [0, 0.1) is 6.92 Å². The van der Waals surface area contributed by atoms with Gasteiger partial charge in [0.15, 0.2) is 0 Å². The Hall–Kier alpha value is -2.23. The van der Waals surface area contributed by atoms with E-state index in [0.29, 0.717) is 5.82 Å². The lowest BCUT2D eigenvalue weighted by Gasteiger charge is -1.96. The average Bonchev–Trinajstić information content (AvgIpc) is 2.81. The zero-order chi connectivity index (χ0) is 11.1. The zero-order valence-electron chi connectivity index (χ0n) is 8.82. The van der Waals surface area contributed by atoms with Crippen molar-refractivity contribution in [3.05, 3.63) is 36.1 Å². The van der Waals surface area contributed by atoms with Gasteiger partial charge in [0.05, 0.1) is 5.69 Å². The van der Waals surface area contributed by atoms with Crippen molar-refractivity contribution in [2.45, 2.75) is 6.92 Å². The summed E-state index contributed by atoms with van der Waals surface area (Å²) in [5.74, 6) is 1.40. The van der Waals surface area contributed by atoms with Crippen molar-refractivity contribution < 1.29 is 4.42 Å². The molecule has 0 fully saturated rings. The largest absolute Gasteiger partial charge is 0.461 e. The molecule has 0 bridgehead atoms. The number of anilines is 1. The fraction of sp³-hybridized carbons (Fsp3) is 0.0833. The van der Waals surface area contributed by atoms with E-state index in [4.69, 9.17) is 10.2 Å². The molecule has 16 heavy (non-hydrogen) atoms. The van der Waals surface area contributed by atoms with Gasteiger partial charge >= 0.3 is 0 Å². The lowest BCUT2D eigenvalue weighted by molar-refractivity contribution is 0.578. The number of H-pyrrole nitrogens is 1. The SMILES string of the molecule is Cc1cc2ccc(-c3cc(N)n[nH]3)cc2o1. The Bertz CT molecular complexity index is 651. The van der Waals surface area contributed by atoms with Crippen LogP contribution in [0.25, 0.3) is 22.2 Å². The summed E-state index contributed by atoms with van der Waals surface area (Å²) in [6, 6.07) is 9.84. The molecule has 3 rings (SSSR count). The van der Waals surface area contributed by atoms with Crippen LogP contribution in [0.2, 0.25) is 0 Å². The Kier molecular flexibility index (Phi) is 1.77. The third kappa shape index (κ3) is 1.35. The van der Waals surface area contributed by atoms with Gasteiger partial charge in [-0.2, -0.15) is 5.10 Å². The van der Waals surface area contributed by atoms with Crippen LogP contribution >= 0.6 is 0 Å². The topological polar surface area (TPSA) is 67.8 Å². The number of hydrogen-bond donors (Lipinski definition) is 2. The number of aromatic nitrogens is 2. The second-order valence-corrected chi connectivity index (χ2v) is 3.82. The van der Waals surface area contributed by atoms with Crippen molar-refractivity contribution in [2.24, 2.45) is 0 Å². The van der Waals surface area contributed by atoms with Crippen molar-refractivity contribution in [3.63, 3.8) is 0 Å². The minimum atomic E-state index is 0.491. The number of aryl methyl sites for hydroxylation is 1. The van der Waals surface area contributed by atoms with Crippen LogP contribution in [0.15, 0.2) is 34.7 Å². The quantitative estimate of drug-likeness (QED) is 0.653. The second kappa shape index (κ2) is 3.13. The van der Waals surface area contributed by atoms with Crippen LogP contribution in [-0.4, -0.2) is 10.2 Å². The van der Waals surface area contributed by atoms with E-state index in [-0.39, 0.29) is 0 Å². The van der Waals surface area contributed by atoms with E-state index in [1.807, 2.05) is 31.2 Å². The second-order valence-electron chi connectivity index (χ2n) is 3.82. The molecule has 0 saturated carbocycles. The van der Waals surface area contributed by atoms with E-state index in [9.17, 15) is 0 Å². The van der Waals surface area contributed by atoms with Gasteiger partial charge in [-0.15, -0.1) is 0 Å². The predicted octanol–water partition coefficient (Wildman–Crippen LogP) is 2.71. The van der Waals surface area contributed by atoms with Crippen molar-refractivity contribution in [1.29, 1.82) is 0 Å². The van der Waals surface area contributed by atoms with E-state index < -0.39 is 0 Å². The maximum atomic E-state index is 5.57. The molecule has 2 aromatic heterocycles. The molecule has 0 radical (unpaired) electrons. The molecule has 1 aromatic carbocycles. The van der Waals surface area contributed by atoms with E-state index in [2.05, 4.69) is 10.2 Å². The number of nitrogen functional groups attached to an aromatic ring is 1. The van der Waals surface area contributed by atoms with E-state index in [1.165, 1.54) is 0 Å². The van der Waals surface area contributed by atoms with Gasteiger partial charge in [0.25, 0.3) is 0 Å². The van der Waals surface area contributed by atoms with Gasteiger partial charge in [0.2, 0.25) is 0 Å². The Morgan fingerprint density at radius 1 is 1.25 bits per heavy atom. The van der Waals surface area contributed by atoms with Crippen molar-refractivity contribution in [2.75, 3.05) is 5.73 Å². The lowest BCUT2D eigenvalue weighted by atomic mass is 10.1. The summed E-state index contributed by atoms with van der Waals surface area (Å²) >= 11 is 0. The smallest absolute Gasteiger partial charge is 0.145 e. The standard InChI is InChI=1S/C12H11N3O/c1-7-4-9-3-2-8(5-11(9)16-7)10-6-12(13)15-14-10/h2-6H,1H3,(H3,13,14,15). The number of aromatic amines is 1. The fourth-order valence-electron chi connectivity index (χ4n) is 1.82. The Morgan fingerprint density at radius 2 is 2.12 bits per heavy atom. The summed E-state index contributed by atoms with van der Waals surface area (Å²) in [5, 5.41) is 7.88. The van der Waals surface area contributed by atoms with Gasteiger partial charge in [0.1, 0.15) is 17.2 Å². The van der Waals surface area contributed by atoms with Crippen molar-refractivity contribution in [3.8, 4) is 11.3 Å². The average molecular weight is 213 g/mol. The molecule has 2 heterocycles. The van der Waals surface area contributed by atoms with Crippen LogP contribution in [0.3, 0.4) is 0 Å². The van der Waals surface area contributed by atoms with Gasteiger partial charge in [-0.25, -0.2) is 0 Å². The normalized spacial score (nSPS) is 11.1. The summed E-state index contributed by atoms with van der Waals surface area (Å²) < 4.78 is 5.57. The van der Waals surface area contributed by atoms with Crippen molar-refractivity contribution in [1.82, 2.24) is 10.2 Å². The van der Waals surface area contributed by atoms with Gasteiger partial charge in [0, 0.05) is 17.0 Å². The summed E-state index contributed by atoms with van der Waals surface area (Å²) in [5.41, 5.74) is 8.36. The molecule has 0 atom stereocenters. The van der Waals surface area contributed by atoms with Crippen LogP contribution in [0.5, 0.6) is 0 Å². The monoisotopic (exact) mass is 213 g/mol. The Morgan fingerprint density at radius 3 is 2.88 bits per heavy atom. The number of fused-ring (bicyclic) bond motifs is 1. The summed E-state index contributed by atoms with van der Waals surface area (Å²) in [4.78, 5) is 0. The maximum Gasteiger partial charge on any atom is 0.145 e. The van der Waals surface area contributed by atoms with Gasteiger partial charge < -0.3 is 10.2 Å². The molecule has 4 heteroatoms. The minimum absolute atomic E-state index is 0.491. The highest BCUT2D eigenvalue weighted by Gasteiger charge is 2.05. The first-order valence-corrected chi connectivity index (χ1v) is 5.04. The van der Waals surface area contributed by atoms with Crippen molar-refractivity contribution >= 4 is 16.8 Å². The molecule has 80 valence electrons. The third-order valence-corrected chi connectivity index (χ3v) is 2.55. The first-order chi connectivity index (χ1) is 7.72. The highest BCUT2D eigenvalue weighted by molar-refractivity contribution is 5.83. The van der Waals surface area contributed by atoms with Crippen LogP contribution in [0.1, 0.15) is 5.76 Å². The molecule has 4 nitrogen and oxygen atoms in total. The van der Waals surface area contributed by atoms with Gasteiger partial charge in [-0.1, -0.05) is 12.1 Å². The zero-order valence-corrected chi connectivity index (χ0v) is 8.82. The molecular weight excluding hydrogens is 202 g/mol. The molecular formula is C12H11N3O. The molecule has 0 spiro atoms. The Balaban J connectivity index is 2.17. The maximum absolute atomic E-state index is 5.57. The Labute approximate surface area is 92.1 Å². The van der Waals surface area contributed by atoms with E-state index in [1.54, 1.807) is 6.07 Å². The highest BCUT2D eigenvalue weighted by Crippen LogP contribution is 2.25. The van der Waals surface area contributed by atoms with Crippen LogP contribution in [0.4, 0.5) is 5.82 Å². The number of nitrogens with two attached hydrogens (primary N) is 1. The number of nitrogens with one attached hydrogen (secondary N) is 1. The first-order valence-electron chi connectivity index (χ1n) is 5.04. The van der Waals surface area contributed by atoms with Gasteiger partial charge in [-0.3, -0.25) is 5.10 Å². The van der Waals surface area contributed by atoms with Crippen LogP contribution in [-0.2, 0) is 0 Å². The fourth-order valence-corrected chi connectivity index (χ4v) is 1.82. The van der Waals surface area contributed by atoms with Gasteiger partial charge in [-0.05, 0) is 19.1 Å². The summed E-state index contributed by atoms with van der Waals surface area (Å²) in [6.07, 6.45) is 0. The van der Waals surface area contributed by atoms with Crippen LogP contribution < -0.4 is 5.73 Å².